The van der Waals surface area contributed by atoms with Crippen molar-refractivity contribution < 1.29 is 9.50 Å². The smallest absolute Gasteiger partial charge is 0.275 e. The molecule has 23 heavy (non-hydrogen) atoms. The van der Waals surface area contributed by atoms with Gasteiger partial charge in [0.1, 0.15) is 11.5 Å². The molecule has 0 fully saturated rings. The van der Waals surface area contributed by atoms with E-state index in [4.69, 9.17) is 5.73 Å². The van der Waals surface area contributed by atoms with E-state index in [1.54, 1.807) is 39.0 Å². The molecule has 7 heteroatoms. The standard InChI is InChI=1S/C16H21FN4O2/c1-9-13(14(23)20-15(18)19-9)21-16(2,3)11(8-22)10-6-4-5-7-12(10)17/h4-7,11,21-22H,8H2,1-3H3,(H3,18,19,20,23)/t11-/m0/s1. The number of aromatic amines is 1. The van der Waals surface area contributed by atoms with Crippen molar-refractivity contribution in [1.82, 2.24) is 9.97 Å². The SMILES string of the molecule is Cc1nc(N)[nH]c(=O)c1NC(C)(C)[C@@H](CO)c1ccccc1F. The van der Waals surface area contributed by atoms with Crippen LogP contribution in [0.15, 0.2) is 29.1 Å². The molecule has 2 rings (SSSR count). The summed E-state index contributed by atoms with van der Waals surface area (Å²) in [6.45, 7) is 4.95. The van der Waals surface area contributed by atoms with Gasteiger partial charge in [0.05, 0.1) is 12.3 Å². The van der Waals surface area contributed by atoms with Crippen LogP contribution < -0.4 is 16.6 Å². The lowest BCUT2D eigenvalue weighted by Crippen LogP contribution is -2.42. The Labute approximate surface area is 133 Å². The average molecular weight is 320 g/mol. The van der Waals surface area contributed by atoms with E-state index in [-0.39, 0.29) is 18.2 Å². The second-order valence-corrected chi connectivity index (χ2v) is 6.01. The third-order valence-corrected chi connectivity index (χ3v) is 3.90. The number of hydrogen-bond donors (Lipinski definition) is 4. The molecule has 0 aliphatic carbocycles. The highest BCUT2D eigenvalue weighted by molar-refractivity contribution is 5.50. The average Bonchev–Trinajstić information content (AvgIpc) is 2.45. The normalized spacial score (nSPS) is 12.9. The number of halogens is 1. The fourth-order valence-electron chi connectivity index (χ4n) is 2.64. The van der Waals surface area contributed by atoms with Gasteiger partial charge in [0.15, 0.2) is 0 Å². The van der Waals surface area contributed by atoms with Gasteiger partial charge in [-0.05, 0) is 32.4 Å². The van der Waals surface area contributed by atoms with Crippen molar-refractivity contribution in [1.29, 1.82) is 0 Å². The number of rotatable bonds is 5. The van der Waals surface area contributed by atoms with Gasteiger partial charge in [-0.3, -0.25) is 9.78 Å². The van der Waals surface area contributed by atoms with E-state index < -0.39 is 22.8 Å². The fraction of sp³-hybridized carbons (Fsp3) is 0.375. The molecule has 1 aromatic carbocycles. The molecular weight excluding hydrogens is 299 g/mol. The molecule has 0 radical (unpaired) electrons. The number of aromatic nitrogens is 2. The second kappa shape index (κ2) is 6.37. The lowest BCUT2D eigenvalue weighted by molar-refractivity contribution is 0.225. The Morgan fingerprint density at radius 3 is 2.65 bits per heavy atom. The summed E-state index contributed by atoms with van der Waals surface area (Å²) < 4.78 is 14.1. The number of anilines is 2. The van der Waals surface area contributed by atoms with Crippen molar-refractivity contribution >= 4 is 11.6 Å². The molecule has 6 nitrogen and oxygen atoms in total. The predicted molar refractivity (Wildman–Crippen MR) is 87.9 cm³/mol. The van der Waals surface area contributed by atoms with Crippen molar-refractivity contribution in [2.75, 3.05) is 17.7 Å². The fourth-order valence-corrected chi connectivity index (χ4v) is 2.64. The maximum Gasteiger partial charge on any atom is 0.275 e. The van der Waals surface area contributed by atoms with Crippen molar-refractivity contribution in [3.8, 4) is 0 Å². The molecule has 0 saturated carbocycles. The van der Waals surface area contributed by atoms with Crippen LogP contribution in [0.3, 0.4) is 0 Å². The highest BCUT2D eigenvalue weighted by atomic mass is 19.1. The minimum Gasteiger partial charge on any atom is -0.396 e. The van der Waals surface area contributed by atoms with E-state index in [9.17, 15) is 14.3 Å². The van der Waals surface area contributed by atoms with Gasteiger partial charge in [0.2, 0.25) is 5.95 Å². The van der Waals surface area contributed by atoms with E-state index in [2.05, 4.69) is 15.3 Å². The summed E-state index contributed by atoms with van der Waals surface area (Å²) in [5.74, 6) is -0.925. The first kappa shape index (κ1) is 17.0. The lowest BCUT2D eigenvalue weighted by atomic mass is 9.82. The number of nitrogens with two attached hydrogens (primary N) is 1. The molecule has 124 valence electrons. The van der Waals surface area contributed by atoms with Gasteiger partial charge in [0.25, 0.3) is 5.56 Å². The van der Waals surface area contributed by atoms with Crippen LogP contribution in [-0.4, -0.2) is 27.2 Å². The van der Waals surface area contributed by atoms with E-state index >= 15 is 0 Å². The molecule has 0 unspecified atom stereocenters. The molecule has 0 amide bonds. The molecule has 1 atom stereocenters. The van der Waals surface area contributed by atoms with Crippen molar-refractivity contribution in [3.63, 3.8) is 0 Å². The highest BCUT2D eigenvalue weighted by Crippen LogP contribution is 2.32. The van der Waals surface area contributed by atoms with Crippen LogP contribution in [0.1, 0.15) is 31.0 Å². The topological polar surface area (TPSA) is 104 Å². The highest BCUT2D eigenvalue weighted by Gasteiger charge is 2.33. The second-order valence-electron chi connectivity index (χ2n) is 6.01. The van der Waals surface area contributed by atoms with Gasteiger partial charge in [0, 0.05) is 11.5 Å². The number of aliphatic hydroxyl groups excluding tert-OH is 1. The molecule has 0 saturated heterocycles. The predicted octanol–water partition coefficient (Wildman–Crippen LogP) is 1.77. The summed E-state index contributed by atoms with van der Waals surface area (Å²) in [6.07, 6.45) is 0. The van der Waals surface area contributed by atoms with Crippen LogP contribution in [0.5, 0.6) is 0 Å². The zero-order chi connectivity index (χ0) is 17.2. The molecule has 0 aliphatic heterocycles. The first-order valence-corrected chi connectivity index (χ1v) is 7.26. The van der Waals surface area contributed by atoms with Crippen LogP contribution >= 0.6 is 0 Å². The Balaban J connectivity index is 2.41. The first-order chi connectivity index (χ1) is 10.8. The monoisotopic (exact) mass is 320 g/mol. The Bertz CT molecular complexity index is 758. The number of nitrogens with zero attached hydrogens (tertiary/aromatic N) is 1. The molecule has 0 spiro atoms. The molecular formula is C16H21FN4O2. The number of aryl methyl sites for hydroxylation is 1. The number of hydrogen-bond acceptors (Lipinski definition) is 5. The molecule has 2 aromatic rings. The Hall–Kier alpha value is -2.41. The molecule has 1 aromatic heterocycles. The van der Waals surface area contributed by atoms with Gasteiger partial charge < -0.3 is 16.2 Å². The van der Waals surface area contributed by atoms with Crippen LogP contribution in [0, 0.1) is 12.7 Å². The van der Waals surface area contributed by atoms with Crippen LogP contribution in [0.25, 0.3) is 0 Å². The minimum atomic E-state index is -0.799. The molecule has 0 aliphatic rings. The molecule has 5 N–H and O–H groups in total. The molecule has 1 heterocycles. The van der Waals surface area contributed by atoms with Gasteiger partial charge in [-0.2, -0.15) is 0 Å². The number of H-pyrrole nitrogens is 1. The summed E-state index contributed by atoms with van der Waals surface area (Å²) in [7, 11) is 0. The lowest BCUT2D eigenvalue weighted by Gasteiger charge is -2.35. The Morgan fingerprint density at radius 2 is 2.09 bits per heavy atom. The van der Waals surface area contributed by atoms with Crippen LogP contribution in [-0.2, 0) is 0 Å². The van der Waals surface area contributed by atoms with Crippen LogP contribution in [0.2, 0.25) is 0 Å². The van der Waals surface area contributed by atoms with Gasteiger partial charge in [-0.15, -0.1) is 0 Å². The van der Waals surface area contributed by atoms with E-state index in [1.165, 1.54) is 6.07 Å². The number of aliphatic hydroxyl groups is 1. The van der Waals surface area contributed by atoms with E-state index in [0.29, 0.717) is 11.3 Å². The summed E-state index contributed by atoms with van der Waals surface area (Å²) in [6, 6.07) is 6.27. The summed E-state index contributed by atoms with van der Waals surface area (Å²) in [4.78, 5) is 18.5. The summed E-state index contributed by atoms with van der Waals surface area (Å²) in [5, 5.41) is 12.8. The summed E-state index contributed by atoms with van der Waals surface area (Å²) in [5.41, 5.74) is 5.36. The Kier molecular flexibility index (Phi) is 4.70. The van der Waals surface area contributed by atoms with Gasteiger partial charge >= 0.3 is 0 Å². The van der Waals surface area contributed by atoms with E-state index in [1.807, 2.05) is 0 Å². The van der Waals surface area contributed by atoms with Crippen molar-refractivity contribution in [3.05, 3.63) is 51.7 Å². The maximum atomic E-state index is 14.1. The quantitative estimate of drug-likeness (QED) is 0.672. The third kappa shape index (κ3) is 3.50. The maximum absolute atomic E-state index is 14.1. The third-order valence-electron chi connectivity index (χ3n) is 3.90. The first-order valence-electron chi connectivity index (χ1n) is 7.26. The van der Waals surface area contributed by atoms with Crippen molar-refractivity contribution in [2.45, 2.75) is 32.2 Å². The molecule has 0 bridgehead atoms. The van der Waals surface area contributed by atoms with Crippen LogP contribution in [0.4, 0.5) is 16.0 Å². The van der Waals surface area contributed by atoms with Gasteiger partial charge in [-0.25, -0.2) is 9.37 Å². The van der Waals surface area contributed by atoms with Gasteiger partial charge in [-0.1, -0.05) is 18.2 Å². The van der Waals surface area contributed by atoms with Crippen molar-refractivity contribution in [2.24, 2.45) is 0 Å². The number of benzene rings is 1. The summed E-state index contributed by atoms with van der Waals surface area (Å²) >= 11 is 0. The van der Waals surface area contributed by atoms with E-state index in [0.717, 1.165) is 0 Å². The minimum absolute atomic E-state index is 0.0312. The zero-order valence-corrected chi connectivity index (χ0v) is 13.4. The Morgan fingerprint density at radius 1 is 1.43 bits per heavy atom. The largest absolute Gasteiger partial charge is 0.396 e. The zero-order valence-electron chi connectivity index (χ0n) is 13.4. The number of nitrogens with one attached hydrogen (secondary N) is 2. The number of nitrogen functional groups attached to an aromatic ring is 1.